The molecule has 1 heterocycles. The Hall–Kier alpha value is -3.16. The lowest BCUT2D eigenvalue weighted by Crippen LogP contribution is -2.61. The van der Waals surface area contributed by atoms with Crippen molar-refractivity contribution in [3.05, 3.63) is 85.1 Å². The lowest BCUT2D eigenvalue weighted by Gasteiger charge is -2.41. The predicted octanol–water partition coefficient (Wildman–Crippen LogP) is 13.8. The molecule has 0 aromatic carbocycles. The fourth-order valence-electron chi connectivity index (χ4n) is 8.83. The van der Waals surface area contributed by atoms with Gasteiger partial charge in [-0.1, -0.05) is 241 Å². The Bertz CT molecular complexity index is 1520. The second-order valence-electron chi connectivity index (χ2n) is 20.4. The Balaban J connectivity index is 2.71. The number of nitrogens with one attached hydrogen (secondary N) is 1. The molecule has 0 bridgehead atoms. The van der Waals surface area contributed by atoms with Crippen molar-refractivity contribution in [3.8, 4) is 0 Å². The van der Waals surface area contributed by atoms with Crippen LogP contribution < -0.4 is 5.32 Å². The second kappa shape index (κ2) is 50.6. The number of esters is 1. The number of hydrogen-bond donors (Lipinski definition) is 6. The average Bonchev–Trinajstić information content (AvgIpc) is 3.40. The maximum atomic E-state index is 13.4. The first-order chi connectivity index (χ1) is 36.2. The molecule has 8 unspecified atom stereocenters. The SMILES string of the molecule is CC/C=C\C/C=C\C/C=C\C/C=C\C/C=C\C/C=C\CCCCC(=O)OC1C(OCC(NC(=O)C(O)CCCCCCCCCCCCCCC)C(O)/C=C/CCCCCCCCCCC)OC(CO)C(O)C1O. The molecule has 11 nitrogen and oxygen atoms in total. The molecule has 1 saturated heterocycles. The van der Waals surface area contributed by atoms with Gasteiger partial charge in [-0.3, -0.25) is 9.59 Å². The summed E-state index contributed by atoms with van der Waals surface area (Å²) in [5.74, 6) is -1.24. The molecule has 8 atom stereocenters. The summed E-state index contributed by atoms with van der Waals surface area (Å²) in [6, 6.07) is -1.03. The van der Waals surface area contributed by atoms with E-state index in [9.17, 15) is 35.1 Å². The molecule has 0 aromatic heterocycles. The number of allylic oxidation sites excluding steroid dienone is 13. The molecule has 1 aliphatic heterocycles. The highest BCUT2D eigenvalue weighted by Gasteiger charge is 2.47. The quantitative estimate of drug-likeness (QED) is 0.0195. The van der Waals surface area contributed by atoms with Crippen molar-refractivity contribution in [1.82, 2.24) is 5.32 Å². The first-order valence-corrected chi connectivity index (χ1v) is 29.9. The van der Waals surface area contributed by atoms with E-state index >= 15 is 0 Å². The average molecular weight is 1040 g/mol. The molecule has 0 spiro atoms. The van der Waals surface area contributed by atoms with Crippen LogP contribution in [0.25, 0.3) is 0 Å². The number of unbranched alkanes of at least 4 members (excludes halogenated alkanes) is 23. The van der Waals surface area contributed by atoms with E-state index in [4.69, 9.17) is 14.2 Å². The monoisotopic (exact) mass is 1040 g/mol. The summed E-state index contributed by atoms with van der Waals surface area (Å²) in [6.45, 7) is 5.63. The van der Waals surface area contributed by atoms with E-state index in [1.807, 2.05) is 6.08 Å². The smallest absolute Gasteiger partial charge is 0.306 e. The Kier molecular flexibility index (Phi) is 47.1. The zero-order chi connectivity index (χ0) is 54.0. The van der Waals surface area contributed by atoms with E-state index in [1.54, 1.807) is 6.08 Å². The normalized spacial score (nSPS) is 19.9. The molecule has 74 heavy (non-hydrogen) atoms. The Morgan fingerprint density at radius 2 is 0.973 bits per heavy atom. The fourth-order valence-corrected chi connectivity index (χ4v) is 8.83. The van der Waals surface area contributed by atoms with E-state index < -0.39 is 67.4 Å². The zero-order valence-electron chi connectivity index (χ0n) is 46.9. The number of rotatable bonds is 49. The van der Waals surface area contributed by atoms with Gasteiger partial charge in [-0.05, 0) is 77.0 Å². The fraction of sp³-hybridized carbons (Fsp3) is 0.746. The third kappa shape index (κ3) is 38.4. The van der Waals surface area contributed by atoms with Crippen molar-refractivity contribution < 1.29 is 49.3 Å². The van der Waals surface area contributed by atoms with Gasteiger partial charge in [0.1, 0.15) is 24.4 Å². The standard InChI is InChI=1S/C63H109NO10/c1-4-7-10-13-16-19-22-24-25-26-27-28-29-30-31-33-36-39-42-45-48-51-58(68)74-61-60(70)59(69)57(52-65)73-63(61)72-53-54(55(66)49-46-43-40-37-34-21-18-15-12-9-6-3)64-62(71)56(67)50-47-44-41-38-35-32-23-20-17-14-11-8-5-2/h7,10,16,19,24-25,27-28,30-31,36,39,46,49,54-57,59-61,63,65-67,69-70H,4-6,8-9,11-15,17-18,20-23,26,29,32-35,37-38,40-45,47-48,50-53H2,1-3H3,(H,64,71)/b10-7-,19-16-,25-24-,28-27-,31-30-,39-36-,49-46+. The van der Waals surface area contributed by atoms with Crippen LogP contribution in [0.15, 0.2) is 85.1 Å². The first kappa shape index (κ1) is 68.9. The summed E-state index contributed by atoms with van der Waals surface area (Å²) < 4.78 is 17.5. The van der Waals surface area contributed by atoms with Gasteiger partial charge < -0.3 is 45.1 Å². The molecule has 6 N–H and O–H groups in total. The lowest BCUT2D eigenvalue weighted by molar-refractivity contribution is -0.305. The molecule has 1 aliphatic rings. The molecule has 1 amide bonds. The van der Waals surface area contributed by atoms with Crippen LogP contribution in [0.1, 0.15) is 239 Å². The van der Waals surface area contributed by atoms with Gasteiger partial charge in [0.2, 0.25) is 5.91 Å². The minimum absolute atomic E-state index is 0.0658. The summed E-state index contributed by atoms with van der Waals surface area (Å²) in [6.07, 6.45) is 54.8. The molecule has 0 saturated carbocycles. The highest BCUT2D eigenvalue weighted by molar-refractivity contribution is 5.80. The molecular formula is C63H109NO10. The summed E-state index contributed by atoms with van der Waals surface area (Å²) in [5, 5.41) is 56.8. The number of amides is 1. The van der Waals surface area contributed by atoms with Gasteiger partial charge in [-0.15, -0.1) is 0 Å². The van der Waals surface area contributed by atoms with Crippen molar-refractivity contribution in [1.29, 1.82) is 0 Å². The molecule has 0 radical (unpaired) electrons. The third-order valence-electron chi connectivity index (χ3n) is 13.6. The van der Waals surface area contributed by atoms with Crippen LogP contribution in [0.2, 0.25) is 0 Å². The van der Waals surface area contributed by atoms with Crippen LogP contribution in [0.4, 0.5) is 0 Å². The molecule has 1 rings (SSSR count). The number of carbonyl (C=O) groups is 2. The zero-order valence-corrected chi connectivity index (χ0v) is 46.9. The van der Waals surface area contributed by atoms with Gasteiger partial charge in [0.05, 0.1) is 25.4 Å². The summed E-state index contributed by atoms with van der Waals surface area (Å²) >= 11 is 0. The van der Waals surface area contributed by atoms with E-state index in [0.717, 1.165) is 89.9 Å². The molecular weight excluding hydrogens is 931 g/mol. The lowest BCUT2D eigenvalue weighted by atomic mass is 9.99. The Labute approximate surface area is 451 Å². The topological polar surface area (TPSA) is 175 Å². The van der Waals surface area contributed by atoms with Gasteiger partial charge >= 0.3 is 5.97 Å². The highest BCUT2D eigenvalue weighted by atomic mass is 16.7. The molecule has 0 aliphatic carbocycles. The maximum absolute atomic E-state index is 13.4. The molecule has 0 aromatic rings. The highest BCUT2D eigenvalue weighted by Crippen LogP contribution is 2.26. The summed E-state index contributed by atoms with van der Waals surface area (Å²) in [4.78, 5) is 26.5. The Morgan fingerprint density at radius 3 is 1.46 bits per heavy atom. The number of ether oxygens (including phenoxy) is 3. The van der Waals surface area contributed by atoms with E-state index in [1.165, 1.54) is 103 Å². The molecule has 11 heteroatoms. The van der Waals surface area contributed by atoms with Crippen LogP contribution in [-0.4, -0.2) is 99.6 Å². The third-order valence-corrected chi connectivity index (χ3v) is 13.6. The number of hydrogen-bond acceptors (Lipinski definition) is 10. The van der Waals surface area contributed by atoms with Crippen LogP contribution in [-0.2, 0) is 23.8 Å². The molecule has 1 fully saturated rings. The van der Waals surface area contributed by atoms with E-state index in [-0.39, 0.29) is 19.4 Å². The largest absolute Gasteiger partial charge is 0.454 e. The minimum atomic E-state index is -1.63. The van der Waals surface area contributed by atoms with Crippen molar-refractivity contribution in [2.45, 2.75) is 288 Å². The van der Waals surface area contributed by atoms with Gasteiger partial charge in [-0.25, -0.2) is 0 Å². The predicted molar refractivity (Wildman–Crippen MR) is 306 cm³/mol. The maximum Gasteiger partial charge on any atom is 0.306 e. The van der Waals surface area contributed by atoms with Gasteiger partial charge in [-0.2, -0.15) is 0 Å². The van der Waals surface area contributed by atoms with Crippen molar-refractivity contribution in [2.24, 2.45) is 0 Å². The second-order valence-corrected chi connectivity index (χ2v) is 20.4. The van der Waals surface area contributed by atoms with Crippen LogP contribution >= 0.6 is 0 Å². The number of aliphatic hydroxyl groups excluding tert-OH is 5. The van der Waals surface area contributed by atoms with Crippen molar-refractivity contribution in [2.75, 3.05) is 13.2 Å². The first-order valence-electron chi connectivity index (χ1n) is 29.9. The van der Waals surface area contributed by atoms with Crippen molar-refractivity contribution >= 4 is 11.9 Å². The minimum Gasteiger partial charge on any atom is -0.454 e. The van der Waals surface area contributed by atoms with Gasteiger partial charge in [0.25, 0.3) is 0 Å². The van der Waals surface area contributed by atoms with Crippen molar-refractivity contribution in [3.63, 3.8) is 0 Å². The van der Waals surface area contributed by atoms with Gasteiger partial charge in [0, 0.05) is 6.42 Å². The van der Waals surface area contributed by atoms with Gasteiger partial charge in [0.15, 0.2) is 12.4 Å². The number of carbonyl (C=O) groups excluding carboxylic acids is 2. The van der Waals surface area contributed by atoms with Crippen LogP contribution in [0, 0.1) is 0 Å². The molecule has 426 valence electrons. The van der Waals surface area contributed by atoms with Crippen LogP contribution in [0.5, 0.6) is 0 Å². The summed E-state index contributed by atoms with van der Waals surface area (Å²) in [5.41, 5.74) is 0. The van der Waals surface area contributed by atoms with E-state index in [2.05, 4.69) is 99.0 Å². The van der Waals surface area contributed by atoms with Crippen LogP contribution in [0.3, 0.4) is 0 Å². The number of aliphatic hydroxyl groups is 5. The summed E-state index contributed by atoms with van der Waals surface area (Å²) in [7, 11) is 0. The van der Waals surface area contributed by atoms with E-state index in [0.29, 0.717) is 12.8 Å². The Morgan fingerprint density at radius 1 is 0.541 bits per heavy atom.